The van der Waals surface area contributed by atoms with Gasteiger partial charge in [-0.05, 0) is 49.4 Å². The van der Waals surface area contributed by atoms with Crippen molar-refractivity contribution in [1.29, 1.82) is 0 Å². The first-order valence-corrected chi connectivity index (χ1v) is 12.0. The summed E-state index contributed by atoms with van der Waals surface area (Å²) in [5, 5.41) is 4.17. The van der Waals surface area contributed by atoms with Crippen molar-refractivity contribution in [3.05, 3.63) is 91.0 Å². The Labute approximate surface area is 201 Å². The van der Waals surface area contributed by atoms with Gasteiger partial charge in [0.2, 0.25) is 5.88 Å². The predicted molar refractivity (Wildman–Crippen MR) is 128 cm³/mol. The molecule has 10 nitrogen and oxygen atoms in total. The van der Waals surface area contributed by atoms with Gasteiger partial charge in [0.25, 0.3) is 10.0 Å². The number of rotatable bonds is 7. The number of hydrogen-bond acceptors (Lipinski definition) is 8. The predicted octanol–water partition coefficient (Wildman–Crippen LogP) is 4.53. The molecule has 0 saturated heterocycles. The zero-order chi connectivity index (χ0) is 24.4. The number of nitrogens with zero attached hydrogens (tertiary/aromatic N) is 5. The van der Waals surface area contributed by atoms with E-state index in [0.717, 1.165) is 5.56 Å². The summed E-state index contributed by atoms with van der Waals surface area (Å²) in [4.78, 5) is 13.0. The number of nitrogens with one attached hydrogen (secondary N) is 1. The van der Waals surface area contributed by atoms with Gasteiger partial charge in [-0.1, -0.05) is 12.1 Å². The zero-order valence-electron chi connectivity index (χ0n) is 18.8. The van der Waals surface area contributed by atoms with Crippen LogP contribution in [0.4, 0.5) is 5.69 Å². The summed E-state index contributed by atoms with van der Waals surface area (Å²) in [7, 11) is -3.78. The Morgan fingerprint density at radius 2 is 1.74 bits per heavy atom. The van der Waals surface area contributed by atoms with E-state index in [-0.39, 0.29) is 4.90 Å². The first kappa shape index (κ1) is 22.3. The summed E-state index contributed by atoms with van der Waals surface area (Å²) in [5.41, 5.74) is 1.80. The summed E-state index contributed by atoms with van der Waals surface area (Å²) in [6, 6.07) is 16.4. The average Bonchev–Trinajstić information content (AvgIpc) is 3.52. The maximum Gasteiger partial charge on any atom is 0.261 e. The fourth-order valence-corrected chi connectivity index (χ4v) is 4.38. The molecular formula is C24H20N6O4S. The summed E-state index contributed by atoms with van der Waals surface area (Å²) in [6.07, 6.45) is 4.96. The van der Waals surface area contributed by atoms with E-state index < -0.39 is 10.0 Å². The molecule has 0 atom stereocenters. The highest BCUT2D eigenvalue weighted by Gasteiger charge is 2.15. The summed E-state index contributed by atoms with van der Waals surface area (Å²) >= 11 is 0. The number of oxazole rings is 1. The lowest BCUT2D eigenvalue weighted by Gasteiger charge is -2.10. The van der Waals surface area contributed by atoms with Crippen LogP contribution in [0.15, 0.2) is 88.6 Å². The molecule has 5 rings (SSSR count). The van der Waals surface area contributed by atoms with Crippen LogP contribution in [0.3, 0.4) is 0 Å². The van der Waals surface area contributed by atoms with Crippen molar-refractivity contribution in [2.45, 2.75) is 18.7 Å². The quantitative estimate of drug-likeness (QED) is 0.354. The van der Waals surface area contributed by atoms with Crippen LogP contribution in [0.5, 0.6) is 11.6 Å². The lowest BCUT2D eigenvalue weighted by molar-refractivity contribution is 0.459. The molecule has 0 spiro atoms. The normalized spacial score (nSPS) is 11.4. The van der Waals surface area contributed by atoms with E-state index in [1.165, 1.54) is 18.4 Å². The van der Waals surface area contributed by atoms with Crippen LogP contribution in [-0.2, 0) is 10.0 Å². The van der Waals surface area contributed by atoms with Crippen molar-refractivity contribution < 1.29 is 17.6 Å². The smallest absolute Gasteiger partial charge is 0.261 e. The van der Waals surface area contributed by atoms with Crippen LogP contribution >= 0.6 is 0 Å². The molecule has 11 heteroatoms. The minimum atomic E-state index is -3.78. The van der Waals surface area contributed by atoms with Gasteiger partial charge in [0, 0.05) is 36.6 Å². The van der Waals surface area contributed by atoms with Gasteiger partial charge in [-0.15, -0.1) is 0 Å². The minimum absolute atomic E-state index is 0.129. The van der Waals surface area contributed by atoms with E-state index >= 15 is 0 Å². The van der Waals surface area contributed by atoms with Gasteiger partial charge in [-0.3, -0.25) is 4.72 Å². The zero-order valence-corrected chi connectivity index (χ0v) is 19.6. The number of anilines is 1. The molecule has 0 unspecified atom stereocenters. The summed E-state index contributed by atoms with van der Waals surface area (Å²) < 4.78 is 40.9. The Kier molecular flexibility index (Phi) is 5.75. The first-order chi connectivity index (χ1) is 16.9. The molecule has 3 aromatic heterocycles. The lowest BCUT2D eigenvalue weighted by Crippen LogP contribution is -2.12. The van der Waals surface area contributed by atoms with Crippen molar-refractivity contribution in [3.63, 3.8) is 0 Å². The van der Waals surface area contributed by atoms with Crippen LogP contribution in [0, 0.1) is 13.8 Å². The molecule has 3 heterocycles. The second-order valence-corrected chi connectivity index (χ2v) is 9.25. The molecule has 0 aliphatic carbocycles. The van der Waals surface area contributed by atoms with Crippen LogP contribution in [0.2, 0.25) is 0 Å². The molecule has 1 N–H and O–H groups in total. The minimum Gasteiger partial charge on any atom is -0.449 e. The molecule has 0 amide bonds. The average molecular weight is 489 g/mol. The highest BCUT2D eigenvalue weighted by molar-refractivity contribution is 7.92. The molecule has 176 valence electrons. The van der Waals surface area contributed by atoms with E-state index in [2.05, 4.69) is 24.8 Å². The third-order valence-electron chi connectivity index (χ3n) is 4.95. The van der Waals surface area contributed by atoms with Gasteiger partial charge in [-0.2, -0.15) is 10.1 Å². The Balaban J connectivity index is 1.28. The van der Waals surface area contributed by atoms with Gasteiger partial charge in [0.1, 0.15) is 23.5 Å². The Morgan fingerprint density at radius 1 is 0.971 bits per heavy atom. The molecule has 0 radical (unpaired) electrons. The van der Waals surface area contributed by atoms with Crippen molar-refractivity contribution in [3.8, 4) is 28.7 Å². The molecule has 0 aliphatic rings. The molecule has 0 aliphatic heterocycles. The van der Waals surface area contributed by atoms with E-state index in [9.17, 15) is 8.42 Å². The highest BCUT2D eigenvalue weighted by Crippen LogP contribution is 2.25. The van der Waals surface area contributed by atoms with Crippen molar-refractivity contribution in [2.75, 3.05) is 4.72 Å². The molecule has 2 aromatic carbocycles. The fourth-order valence-electron chi connectivity index (χ4n) is 3.33. The van der Waals surface area contributed by atoms with Crippen LogP contribution in [0.25, 0.3) is 17.1 Å². The van der Waals surface area contributed by atoms with Crippen molar-refractivity contribution in [2.24, 2.45) is 0 Å². The van der Waals surface area contributed by atoms with E-state index in [1.54, 1.807) is 79.5 Å². The van der Waals surface area contributed by atoms with Crippen LogP contribution in [-0.4, -0.2) is 33.2 Å². The number of sulfonamides is 1. The molecule has 0 bridgehead atoms. The topological polar surface area (TPSA) is 125 Å². The Bertz CT molecular complexity index is 1560. The van der Waals surface area contributed by atoms with Gasteiger partial charge in [-0.25, -0.2) is 23.1 Å². The molecule has 35 heavy (non-hydrogen) atoms. The van der Waals surface area contributed by atoms with E-state index in [0.29, 0.717) is 40.5 Å². The molecule has 0 saturated carbocycles. The van der Waals surface area contributed by atoms with Gasteiger partial charge >= 0.3 is 0 Å². The Hall–Kier alpha value is -4.51. The molecule has 0 fully saturated rings. The van der Waals surface area contributed by atoms with Gasteiger partial charge in [0.15, 0.2) is 11.7 Å². The van der Waals surface area contributed by atoms with Gasteiger partial charge < -0.3 is 9.15 Å². The largest absolute Gasteiger partial charge is 0.449 e. The second-order valence-electron chi connectivity index (χ2n) is 7.57. The summed E-state index contributed by atoms with van der Waals surface area (Å²) in [5.74, 6) is 2.48. The van der Waals surface area contributed by atoms with E-state index in [1.807, 2.05) is 0 Å². The first-order valence-electron chi connectivity index (χ1n) is 10.5. The number of aromatic nitrogens is 5. The number of aryl methyl sites for hydroxylation is 2. The maximum absolute atomic E-state index is 12.8. The molecular weight excluding hydrogens is 468 g/mol. The number of benzene rings is 2. The van der Waals surface area contributed by atoms with E-state index in [4.69, 9.17) is 9.15 Å². The third kappa shape index (κ3) is 5.04. The maximum atomic E-state index is 12.8. The lowest BCUT2D eigenvalue weighted by atomic mass is 10.2. The van der Waals surface area contributed by atoms with Crippen molar-refractivity contribution in [1.82, 2.24) is 24.7 Å². The fraction of sp³-hybridized carbons (Fsp3) is 0.0833. The standard InChI is InChI=1S/C24H20N6O4S/c1-16-26-23(30-13-3-12-25-30)14-24(27-16)34-20-8-6-19(7-9-20)29-35(31,32)21-10-4-18(5-11-21)22-15-33-17(2)28-22/h3-15,29H,1-2H3. The highest BCUT2D eigenvalue weighted by atomic mass is 32.2. The third-order valence-corrected chi connectivity index (χ3v) is 6.35. The SMILES string of the molecule is Cc1nc(Oc2ccc(NS(=O)(=O)c3ccc(-c4coc(C)n4)cc3)cc2)cc(-n2cccn2)n1. The monoisotopic (exact) mass is 488 g/mol. The molecule has 5 aromatic rings. The van der Waals surface area contributed by atoms with Gasteiger partial charge in [0.05, 0.1) is 4.90 Å². The second kappa shape index (κ2) is 9.03. The summed E-state index contributed by atoms with van der Waals surface area (Å²) in [6.45, 7) is 3.51. The van der Waals surface area contributed by atoms with Crippen LogP contribution in [0.1, 0.15) is 11.7 Å². The number of hydrogen-bond donors (Lipinski definition) is 1. The Morgan fingerprint density at radius 3 is 2.40 bits per heavy atom. The van der Waals surface area contributed by atoms with Crippen molar-refractivity contribution >= 4 is 15.7 Å². The van der Waals surface area contributed by atoms with Crippen LogP contribution < -0.4 is 9.46 Å². The number of ether oxygens (including phenoxy) is 1.